The number of aryl methyl sites for hydroxylation is 1. The third kappa shape index (κ3) is 1.24. The maximum Gasteiger partial charge on any atom is 0.151 e. The van der Waals surface area contributed by atoms with Gasteiger partial charge in [0.15, 0.2) is 5.60 Å². The van der Waals surface area contributed by atoms with Gasteiger partial charge < -0.3 is 5.11 Å². The van der Waals surface area contributed by atoms with Crippen molar-refractivity contribution in [3.05, 3.63) is 35.4 Å². The van der Waals surface area contributed by atoms with Gasteiger partial charge in [0.25, 0.3) is 0 Å². The molecule has 0 saturated heterocycles. The fraction of sp³-hybridized carbons (Fsp3) is 0.333. The molecule has 0 heterocycles. The molecule has 1 heteroatoms. The summed E-state index contributed by atoms with van der Waals surface area (Å²) >= 11 is 0. The SMILES string of the molecule is CC#CC1(O)CCc2ccccc21. The molecule has 0 saturated carbocycles. The molecule has 0 amide bonds. The highest BCUT2D eigenvalue weighted by Crippen LogP contribution is 2.35. The molecular weight excluding hydrogens is 160 g/mol. The minimum Gasteiger partial charge on any atom is -0.373 e. The van der Waals surface area contributed by atoms with E-state index < -0.39 is 5.60 Å². The molecule has 0 aromatic heterocycles. The summed E-state index contributed by atoms with van der Waals surface area (Å²) in [5.74, 6) is 5.67. The minimum absolute atomic E-state index is 0.729. The predicted molar refractivity (Wildman–Crippen MR) is 52.1 cm³/mol. The Bertz CT molecular complexity index is 384. The summed E-state index contributed by atoms with van der Waals surface area (Å²) in [7, 11) is 0. The Morgan fingerprint density at radius 1 is 1.38 bits per heavy atom. The van der Waals surface area contributed by atoms with Gasteiger partial charge in [0, 0.05) is 0 Å². The highest BCUT2D eigenvalue weighted by molar-refractivity contribution is 5.42. The van der Waals surface area contributed by atoms with Gasteiger partial charge in [-0.1, -0.05) is 30.2 Å². The molecule has 1 unspecified atom stereocenters. The van der Waals surface area contributed by atoms with E-state index in [9.17, 15) is 5.11 Å². The molecule has 1 aromatic rings. The first-order valence-electron chi connectivity index (χ1n) is 4.51. The Morgan fingerprint density at radius 2 is 2.15 bits per heavy atom. The summed E-state index contributed by atoms with van der Waals surface area (Å²) < 4.78 is 0. The van der Waals surface area contributed by atoms with E-state index in [1.165, 1.54) is 5.56 Å². The molecule has 0 aliphatic heterocycles. The van der Waals surface area contributed by atoms with E-state index in [0.717, 1.165) is 18.4 Å². The first-order chi connectivity index (χ1) is 6.26. The van der Waals surface area contributed by atoms with Gasteiger partial charge in [-0.15, -0.1) is 5.92 Å². The quantitative estimate of drug-likeness (QED) is 0.592. The summed E-state index contributed by atoms with van der Waals surface area (Å²) in [6, 6.07) is 7.98. The second-order valence-electron chi connectivity index (χ2n) is 3.39. The maximum atomic E-state index is 10.2. The lowest BCUT2D eigenvalue weighted by Gasteiger charge is -2.16. The van der Waals surface area contributed by atoms with Crippen LogP contribution in [0.25, 0.3) is 0 Å². The van der Waals surface area contributed by atoms with E-state index in [2.05, 4.69) is 17.9 Å². The zero-order valence-corrected chi connectivity index (χ0v) is 7.67. The fourth-order valence-electron chi connectivity index (χ4n) is 1.93. The lowest BCUT2D eigenvalue weighted by Crippen LogP contribution is -2.19. The van der Waals surface area contributed by atoms with Crippen molar-refractivity contribution in [1.82, 2.24) is 0 Å². The minimum atomic E-state index is -0.884. The van der Waals surface area contributed by atoms with Gasteiger partial charge >= 0.3 is 0 Å². The van der Waals surface area contributed by atoms with E-state index in [4.69, 9.17) is 0 Å². The van der Waals surface area contributed by atoms with Crippen molar-refractivity contribution in [1.29, 1.82) is 0 Å². The highest BCUT2D eigenvalue weighted by Gasteiger charge is 2.34. The van der Waals surface area contributed by atoms with Crippen molar-refractivity contribution in [2.24, 2.45) is 0 Å². The van der Waals surface area contributed by atoms with Crippen LogP contribution in [0.5, 0.6) is 0 Å². The molecule has 1 atom stereocenters. The van der Waals surface area contributed by atoms with Crippen LogP contribution in [-0.2, 0) is 12.0 Å². The third-order valence-corrected chi connectivity index (χ3v) is 2.55. The van der Waals surface area contributed by atoms with Crippen LogP contribution in [0.2, 0.25) is 0 Å². The standard InChI is InChI=1S/C12H12O/c1-2-8-12(13)9-7-10-5-3-4-6-11(10)12/h3-6,13H,7,9H2,1H3. The van der Waals surface area contributed by atoms with Crippen molar-refractivity contribution in [3.63, 3.8) is 0 Å². The fourth-order valence-corrected chi connectivity index (χ4v) is 1.93. The molecule has 13 heavy (non-hydrogen) atoms. The molecule has 1 aromatic carbocycles. The number of hydrogen-bond donors (Lipinski definition) is 1. The second-order valence-corrected chi connectivity index (χ2v) is 3.39. The largest absolute Gasteiger partial charge is 0.373 e. The molecule has 1 N–H and O–H groups in total. The molecule has 0 bridgehead atoms. The smallest absolute Gasteiger partial charge is 0.151 e. The molecule has 1 nitrogen and oxygen atoms in total. The molecule has 2 rings (SSSR count). The Hall–Kier alpha value is -1.26. The van der Waals surface area contributed by atoms with E-state index in [0.29, 0.717) is 0 Å². The zero-order valence-electron chi connectivity index (χ0n) is 7.67. The van der Waals surface area contributed by atoms with E-state index in [-0.39, 0.29) is 0 Å². The highest BCUT2D eigenvalue weighted by atomic mass is 16.3. The zero-order chi connectivity index (χ0) is 9.31. The van der Waals surface area contributed by atoms with Crippen LogP contribution < -0.4 is 0 Å². The first-order valence-corrected chi connectivity index (χ1v) is 4.51. The second kappa shape index (κ2) is 2.90. The van der Waals surface area contributed by atoms with Crippen LogP contribution in [0.3, 0.4) is 0 Å². The number of hydrogen-bond acceptors (Lipinski definition) is 1. The third-order valence-electron chi connectivity index (χ3n) is 2.55. The molecule has 1 aliphatic rings. The summed E-state index contributed by atoms with van der Waals surface area (Å²) in [4.78, 5) is 0. The predicted octanol–water partition coefficient (Wildman–Crippen LogP) is 1.84. The number of fused-ring (bicyclic) bond motifs is 1. The molecule has 1 aliphatic carbocycles. The lowest BCUT2D eigenvalue weighted by molar-refractivity contribution is 0.102. The summed E-state index contributed by atoms with van der Waals surface area (Å²) in [5, 5.41) is 10.2. The van der Waals surface area contributed by atoms with Crippen LogP contribution in [-0.4, -0.2) is 5.11 Å². The molecular formula is C12H12O. The van der Waals surface area contributed by atoms with Crippen molar-refractivity contribution >= 4 is 0 Å². The Labute approximate surface area is 78.4 Å². The van der Waals surface area contributed by atoms with Gasteiger partial charge in [0.1, 0.15) is 0 Å². The van der Waals surface area contributed by atoms with Crippen molar-refractivity contribution in [2.45, 2.75) is 25.4 Å². The van der Waals surface area contributed by atoms with E-state index in [1.807, 2.05) is 18.2 Å². The average Bonchev–Trinajstić information content (AvgIpc) is 2.46. The van der Waals surface area contributed by atoms with Gasteiger partial charge in [0.2, 0.25) is 0 Å². The van der Waals surface area contributed by atoms with Gasteiger partial charge in [-0.3, -0.25) is 0 Å². The van der Waals surface area contributed by atoms with Crippen LogP contribution in [0.4, 0.5) is 0 Å². The molecule has 0 fully saturated rings. The Kier molecular flexibility index (Phi) is 1.86. The van der Waals surface area contributed by atoms with Crippen LogP contribution in [0, 0.1) is 11.8 Å². The Morgan fingerprint density at radius 3 is 2.92 bits per heavy atom. The van der Waals surface area contributed by atoms with Crippen molar-refractivity contribution in [2.75, 3.05) is 0 Å². The summed E-state index contributed by atoms with van der Waals surface area (Å²) in [6.07, 6.45) is 1.66. The summed E-state index contributed by atoms with van der Waals surface area (Å²) in [5.41, 5.74) is 1.34. The molecule has 0 radical (unpaired) electrons. The van der Waals surface area contributed by atoms with Gasteiger partial charge in [-0.2, -0.15) is 0 Å². The molecule has 0 spiro atoms. The first kappa shape index (κ1) is 8.34. The normalized spacial score (nSPS) is 24.8. The van der Waals surface area contributed by atoms with Crippen LogP contribution >= 0.6 is 0 Å². The average molecular weight is 172 g/mol. The van der Waals surface area contributed by atoms with E-state index in [1.54, 1.807) is 6.92 Å². The van der Waals surface area contributed by atoms with Gasteiger partial charge in [-0.25, -0.2) is 0 Å². The van der Waals surface area contributed by atoms with Crippen molar-refractivity contribution < 1.29 is 5.11 Å². The number of aliphatic hydroxyl groups is 1. The maximum absolute atomic E-state index is 10.2. The van der Waals surface area contributed by atoms with Crippen LogP contribution in [0.1, 0.15) is 24.5 Å². The number of rotatable bonds is 0. The summed E-state index contributed by atoms with van der Waals surface area (Å²) in [6.45, 7) is 1.76. The van der Waals surface area contributed by atoms with Crippen molar-refractivity contribution in [3.8, 4) is 11.8 Å². The van der Waals surface area contributed by atoms with Gasteiger partial charge in [-0.05, 0) is 30.9 Å². The molecule has 66 valence electrons. The van der Waals surface area contributed by atoms with E-state index >= 15 is 0 Å². The number of benzene rings is 1. The Balaban J connectivity index is 2.52. The topological polar surface area (TPSA) is 20.2 Å². The van der Waals surface area contributed by atoms with Gasteiger partial charge in [0.05, 0.1) is 0 Å². The lowest BCUT2D eigenvalue weighted by atomic mass is 9.97. The van der Waals surface area contributed by atoms with Crippen LogP contribution in [0.15, 0.2) is 24.3 Å². The monoisotopic (exact) mass is 172 g/mol.